The molecule has 20 heavy (non-hydrogen) atoms. The van der Waals surface area contributed by atoms with E-state index in [9.17, 15) is 0 Å². The number of aromatic nitrogens is 2. The van der Waals surface area contributed by atoms with Gasteiger partial charge in [-0.1, -0.05) is 32.8 Å². The Morgan fingerprint density at radius 1 is 1.30 bits per heavy atom. The molecule has 3 rings (SSSR count). The van der Waals surface area contributed by atoms with Gasteiger partial charge in [0.15, 0.2) is 0 Å². The van der Waals surface area contributed by atoms with Crippen molar-refractivity contribution in [2.75, 3.05) is 6.54 Å². The standard InChI is InChI=1S/C17H25N3/c1-12(2)18-10-9-13-7-8-15-16(11-13)20-17(19-15)14-5-3-4-6-14/h7-8,11-12,14,18H,3-6,9-10H2,1-2H3,(H,19,20). The summed E-state index contributed by atoms with van der Waals surface area (Å²) in [5, 5.41) is 3.47. The normalized spacial score (nSPS) is 16.6. The molecule has 2 N–H and O–H groups in total. The summed E-state index contributed by atoms with van der Waals surface area (Å²) in [7, 11) is 0. The molecule has 3 nitrogen and oxygen atoms in total. The number of nitrogens with one attached hydrogen (secondary N) is 2. The molecule has 0 atom stereocenters. The summed E-state index contributed by atoms with van der Waals surface area (Å²) < 4.78 is 0. The molecule has 0 spiro atoms. The van der Waals surface area contributed by atoms with E-state index in [1.165, 1.54) is 42.6 Å². The monoisotopic (exact) mass is 271 g/mol. The lowest BCUT2D eigenvalue weighted by atomic mass is 10.1. The van der Waals surface area contributed by atoms with Gasteiger partial charge in [0.05, 0.1) is 11.0 Å². The van der Waals surface area contributed by atoms with Crippen LogP contribution in [0.25, 0.3) is 11.0 Å². The molecular formula is C17H25N3. The molecule has 0 aliphatic heterocycles. The van der Waals surface area contributed by atoms with E-state index in [4.69, 9.17) is 4.98 Å². The first-order chi connectivity index (χ1) is 9.72. The van der Waals surface area contributed by atoms with Crippen molar-refractivity contribution in [3.8, 4) is 0 Å². The van der Waals surface area contributed by atoms with Gasteiger partial charge in [-0.25, -0.2) is 4.98 Å². The Labute approximate surface area is 121 Å². The number of fused-ring (bicyclic) bond motifs is 1. The molecule has 3 heteroatoms. The predicted octanol–water partition coefficient (Wildman–Crippen LogP) is 3.76. The lowest BCUT2D eigenvalue weighted by Crippen LogP contribution is -2.24. The molecular weight excluding hydrogens is 246 g/mol. The van der Waals surface area contributed by atoms with Crippen LogP contribution in [-0.2, 0) is 6.42 Å². The van der Waals surface area contributed by atoms with E-state index in [1.54, 1.807) is 0 Å². The van der Waals surface area contributed by atoms with Crippen molar-refractivity contribution < 1.29 is 0 Å². The van der Waals surface area contributed by atoms with Crippen LogP contribution in [0.3, 0.4) is 0 Å². The fourth-order valence-corrected chi connectivity index (χ4v) is 3.13. The van der Waals surface area contributed by atoms with Gasteiger partial charge in [-0.2, -0.15) is 0 Å². The Bertz CT molecular complexity index is 565. The molecule has 1 aliphatic carbocycles. The fourth-order valence-electron chi connectivity index (χ4n) is 3.13. The first kappa shape index (κ1) is 13.6. The van der Waals surface area contributed by atoms with Crippen LogP contribution in [0.1, 0.15) is 56.8 Å². The zero-order chi connectivity index (χ0) is 13.9. The van der Waals surface area contributed by atoms with E-state index in [1.807, 2.05) is 0 Å². The minimum absolute atomic E-state index is 0.555. The van der Waals surface area contributed by atoms with Crippen molar-refractivity contribution in [1.82, 2.24) is 15.3 Å². The summed E-state index contributed by atoms with van der Waals surface area (Å²) in [5.74, 6) is 1.86. The van der Waals surface area contributed by atoms with Crippen molar-refractivity contribution in [3.63, 3.8) is 0 Å². The largest absolute Gasteiger partial charge is 0.342 e. The van der Waals surface area contributed by atoms with Crippen LogP contribution < -0.4 is 5.32 Å². The number of imidazole rings is 1. The van der Waals surface area contributed by atoms with Gasteiger partial charge in [-0.3, -0.25) is 0 Å². The Kier molecular flexibility index (Phi) is 4.06. The minimum atomic E-state index is 0.555. The van der Waals surface area contributed by atoms with E-state index in [0.29, 0.717) is 12.0 Å². The van der Waals surface area contributed by atoms with E-state index < -0.39 is 0 Å². The van der Waals surface area contributed by atoms with Crippen LogP contribution in [0.4, 0.5) is 0 Å². The number of hydrogen-bond donors (Lipinski definition) is 2. The predicted molar refractivity (Wildman–Crippen MR) is 84.1 cm³/mol. The van der Waals surface area contributed by atoms with Gasteiger partial charge in [-0.05, 0) is 43.5 Å². The second-order valence-corrected chi connectivity index (χ2v) is 6.31. The fraction of sp³-hybridized carbons (Fsp3) is 0.588. The molecule has 1 aromatic carbocycles. The first-order valence-electron chi connectivity index (χ1n) is 7.94. The van der Waals surface area contributed by atoms with Crippen LogP contribution >= 0.6 is 0 Å². The van der Waals surface area contributed by atoms with Gasteiger partial charge >= 0.3 is 0 Å². The molecule has 1 saturated carbocycles. The third-order valence-corrected chi connectivity index (χ3v) is 4.27. The van der Waals surface area contributed by atoms with Gasteiger partial charge in [0, 0.05) is 12.0 Å². The Morgan fingerprint density at radius 2 is 2.10 bits per heavy atom. The summed E-state index contributed by atoms with van der Waals surface area (Å²) in [6.07, 6.45) is 6.38. The minimum Gasteiger partial charge on any atom is -0.342 e. The number of nitrogens with zero attached hydrogens (tertiary/aromatic N) is 1. The molecule has 1 fully saturated rings. The maximum Gasteiger partial charge on any atom is 0.110 e. The quantitative estimate of drug-likeness (QED) is 0.869. The molecule has 0 unspecified atom stereocenters. The zero-order valence-electron chi connectivity index (χ0n) is 12.6. The van der Waals surface area contributed by atoms with E-state index in [0.717, 1.165) is 18.5 Å². The molecule has 0 radical (unpaired) electrons. The number of rotatable bonds is 5. The maximum absolute atomic E-state index is 4.77. The lowest BCUT2D eigenvalue weighted by molar-refractivity contribution is 0.590. The number of benzene rings is 1. The maximum atomic E-state index is 4.77. The molecule has 0 bridgehead atoms. The van der Waals surface area contributed by atoms with Gasteiger partial charge in [-0.15, -0.1) is 0 Å². The summed E-state index contributed by atoms with van der Waals surface area (Å²) in [6, 6.07) is 7.20. The summed E-state index contributed by atoms with van der Waals surface area (Å²) in [6.45, 7) is 5.41. The number of aromatic amines is 1. The van der Waals surface area contributed by atoms with Crippen molar-refractivity contribution in [1.29, 1.82) is 0 Å². The molecule has 108 valence electrons. The SMILES string of the molecule is CC(C)NCCc1ccc2nc(C3CCCC3)[nH]c2c1. The van der Waals surface area contributed by atoms with Crippen LogP contribution in [0, 0.1) is 0 Å². The second-order valence-electron chi connectivity index (χ2n) is 6.31. The average Bonchev–Trinajstić information content (AvgIpc) is 3.06. The van der Waals surface area contributed by atoms with Crippen molar-refractivity contribution >= 4 is 11.0 Å². The van der Waals surface area contributed by atoms with E-state index >= 15 is 0 Å². The third-order valence-electron chi connectivity index (χ3n) is 4.27. The average molecular weight is 271 g/mol. The molecule has 1 heterocycles. The molecule has 0 amide bonds. The van der Waals surface area contributed by atoms with Crippen LogP contribution in [0.2, 0.25) is 0 Å². The summed E-state index contributed by atoms with van der Waals surface area (Å²) in [5.41, 5.74) is 3.70. The number of hydrogen-bond acceptors (Lipinski definition) is 2. The molecule has 1 aliphatic rings. The van der Waals surface area contributed by atoms with Crippen molar-refractivity contribution in [2.24, 2.45) is 0 Å². The van der Waals surface area contributed by atoms with Crippen molar-refractivity contribution in [3.05, 3.63) is 29.6 Å². The first-order valence-corrected chi connectivity index (χ1v) is 7.94. The van der Waals surface area contributed by atoms with Gasteiger partial charge in [0.1, 0.15) is 5.82 Å². The topological polar surface area (TPSA) is 40.7 Å². The lowest BCUT2D eigenvalue weighted by Gasteiger charge is -2.07. The Morgan fingerprint density at radius 3 is 2.85 bits per heavy atom. The third kappa shape index (κ3) is 3.04. The Balaban J connectivity index is 1.73. The van der Waals surface area contributed by atoms with Gasteiger partial charge in [0.2, 0.25) is 0 Å². The van der Waals surface area contributed by atoms with Crippen molar-refractivity contribution in [2.45, 2.75) is 57.9 Å². The smallest absolute Gasteiger partial charge is 0.110 e. The van der Waals surface area contributed by atoms with E-state index in [-0.39, 0.29) is 0 Å². The van der Waals surface area contributed by atoms with Gasteiger partial charge in [0.25, 0.3) is 0 Å². The van der Waals surface area contributed by atoms with Crippen LogP contribution in [-0.4, -0.2) is 22.6 Å². The highest BCUT2D eigenvalue weighted by molar-refractivity contribution is 5.76. The zero-order valence-corrected chi connectivity index (χ0v) is 12.6. The van der Waals surface area contributed by atoms with Crippen LogP contribution in [0.5, 0.6) is 0 Å². The highest BCUT2D eigenvalue weighted by atomic mass is 14.9. The summed E-state index contributed by atoms with van der Waals surface area (Å²) >= 11 is 0. The Hall–Kier alpha value is -1.35. The summed E-state index contributed by atoms with van der Waals surface area (Å²) in [4.78, 5) is 8.32. The van der Waals surface area contributed by atoms with Crippen LogP contribution in [0.15, 0.2) is 18.2 Å². The highest BCUT2D eigenvalue weighted by Crippen LogP contribution is 2.33. The molecule has 2 aromatic rings. The second kappa shape index (κ2) is 5.96. The highest BCUT2D eigenvalue weighted by Gasteiger charge is 2.20. The molecule has 1 aromatic heterocycles. The molecule has 0 saturated heterocycles. The van der Waals surface area contributed by atoms with Gasteiger partial charge < -0.3 is 10.3 Å². The van der Waals surface area contributed by atoms with E-state index in [2.05, 4.69) is 42.3 Å². The number of H-pyrrole nitrogens is 1.